The van der Waals surface area contributed by atoms with Crippen LogP contribution in [0.5, 0.6) is 0 Å². The van der Waals surface area contributed by atoms with Crippen LogP contribution < -0.4 is 0 Å². The number of fused-ring (bicyclic) bond motifs is 1. The smallest absolute Gasteiger partial charge is 0.165 e. The van der Waals surface area contributed by atoms with E-state index in [1.807, 2.05) is 57.0 Å². The van der Waals surface area contributed by atoms with Crippen LogP contribution in [0.2, 0.25) is 0 Å². The highest BCUT2D eigenvalue weighted by Gasteiger charge is 2.28. The molecule has 1 aliphatic heterocycles. The number of ketones is 1. The van der Waals surface area contributed by atoms with Crippen molar-refractivity contribution in [2.75, 3.05) is 0 Å². The number of carbonyl (C=O) groups excluding carboxylic acids is 1. The molecule has 0 bridgehead atoms. The zero-order chi connectivity index (χ0) is 17.4. The molecule has 0 aliphatic carbocycles. The normalized spacial score (nSPS) is 20.4. The Kier molecular flexibility index (Phi) is 4.05. The molecule has 0 N–H and O–H groups in total. The van der Waals surface area contributed by atoms with E-state index in [1.165, 1.54) is 0 Å². The lowest BCUT2D eigenvalue weighted by Gasteiger charge is -2.09. The van der Waals surface area contributed by atoms with Gasteiger partial charge in [-0.3, -0.25) is 9.48 Å². The van der Waals surface area contributed by atoms with Crippen molar-refractivity contribution >= 4 is 16.9 Å². The number of Topliss-reactive ketones (excluding diaryl/α,β-unsaturated/α-hetero) is 1. The van der Waals surface area contributed by atoms with E-state index in [-0.39, 0.29) is 11.8 Å². The summed E-state index contributed by atoms with van der Waals surface area (Å²) in [4.78, 5) is 12.4. The predicted molar refractivity (Wildman–Crippen MR) is 93.1 cm³/mol. The molecule has 0 amide bonds. The molecule has 6 heteroatoms. The fourth-order valence-electron chi connectivity index (χ4n) is 2.88. The molecule has 0 spiro atoms. The van der Waals surface area contributed by atoms with Gasteiger partial charge >= 0.3 is 0 Å². The number of aryl methyl sites for hydroxylation is 2. The number of aromatic nitrogens is 5. The first kappa shape index (κ1) is 16.1. The summed E-state index contributed by atoms with van der Waals surface area (Å²) in [5.74, 6) is 0.0473. The van der Waals surface area contributed by atoms with E-state index in [1.54, 1.807) is 4.68 Å². The molecule has 0 aromatic carbocycles. The van der Waals surface area contributed by atoms with Gasteiger partial charge in [-0.25, -0.2) is 4.68 Å². The summed E-state index contributed by atoms with van der Waals surface area (Å²) in [6, 6.07) is -0.0280. The fraction of sp³-hybridized carbons (Fsp3) is 0.333. The van der Waals surface area contributed by atoms with Crippen LogP contribution in [0.25, 0.3) is 11.1 Å². The topological polar surface area (TPSA) is 65.6 Å². The van der Waals surface area contributed by atoms with Crippen LogP contribution in [0.15, 0.2) is 36.7 Å². The molecule has 2 aromatic heterocycles. The molecule has 1 atom stereocenters. The Morgan fingerprint density at radius 2 is 2.21 bits per heavy atom. The third-order valence-electron chi connectivity index (χ3n) is 4.34. The largest absolute Gasteiger partial charge is 0.294 e. The average molecular weight is 323 g/mol. The van der Waals surface area contributed by atoms with Crippen LogP contribution in [-0.4, -0.2) is 30.6 Å². The summed E-state index contributed by atoms with van der Waals surface area (Å²) in [6.45, 7) is 9.90. The summed E-state index contributed by atoms with van der Waals surface area (Å²) in [5, 5.41) is 12.6. The lowest BCUT2D eigenvalue weighted by Crippen LogP contribution is -2.10. The summed E-state index contributed by atoms with van der Waals surface area (Å²) >= 11 is 0. The monoisotopic (exact) mass is 323 g/mol. The minimum atomic E-state index is -0.0280. The number of carbonyl (C=O) groups is 1. The Balaban J connectivity index is 2.09. The number of hydrogen-bond donors (Lipinski definition) is 0. The molecular weight excluding hydrogens is 302 g/mol. The fourth-order valence-corrected chi connectivity index (χ4v) is 2.88. The Labute approximate surface area is 141 Å². The van der Waals surface area contributed by atoms with Gasteiger partial charge < -0.3 is 0 Å². The number of nitrogens with zero attached hydrogens (tertiary/aromatic N) is 5. The minimum absolute atomic E-state index is 0.0280. The van der Waals surface area contributed by atoms with Gasteiger partial charge in [0.25, 0.3) is 0 Å². The van der Waals surface area contributed by atoms with Crippen molar-refractivity contribution in [2.45, 2.75) is 33.2 Å². The lowest BCUT2D eigenvalue weighted by molar-refractivity contribution is -0.115. The highest BCUT2D eigenvalue weighted by atomic mass is 16.1. The van der Waals surface area contributed by atoms with E-state index in [2.05, 4.69) is 22.0 Å². The molecule has 6 nitrogen and oxygen atoms in total. The van der Waals surface area contributed by atoms with E-state index in [4.69, 9.17) is 0 Å². The first-order valence-electron chi connectivity index (χ1n) is 7.90. The van der Waals surface area contributed by atoms with E-state index < -0.39 is 0 Å². The molecule has 3 heterocycles. The Bertz CT molecular complexity index is 881. The van der Waals surface area contributed by atoms with Crippen LogP contribution in [0.1, 0.15) is 43.3 Å². The SMILES string of the molecule is C=C1C(=O)CC(C)n2nnc(C)c2/C1=C/C=C(\C)c1cnn(C)c1. The summed E-state index contributed by atoms with van der Waals surface area (Å²) < 4.78 is 3.59. The molecule has 0 radical (unpaired) electrons. The standard InChI is InChI=1S/C18H21N5O/c1-11(15-9-19-22(5)10-15)6-7-16-13(3)17(24)8-12(2)23-18(16)14(4)20-21-23/h6-7,9-10,12H,3,8H2,1-2,4-5H3/b11-6+,16-7+. The van der Waals surface area contributed by atoms with E-state index in [0.29, 0.717) is 12.0 Å². The van der Waals surface area contributed by atoms with Crippen molar-refractivity contribution in [3.8, 4) is 0 Å². The Hall–Kier alpha value is -2.76. The molecule has 24 heavy (non-hydrogen) atoms. The van der Waals surface area contributed by atoms with Gasteiger partial charge in [0.15, 0.2) is 5.78 Å². The third kappa shape index (κ3) is 2.75. The average Bonchev–Trinajstić information content (AvgIpc) is 3.11. The molecule has 3 rings (SSSR count). The Morgan fingerprint density at radius 1 is 1.46 bits per heavy atom. The Morgan fingerprint density at radius 3 is 2.88 bits per heavy atom. The zero-order valence-electron chi connectivity index (χ0n) is 14.4. The van der Waals surface area contributed by atoms with Crippen molar-refractivity contribution in [3.63, 3.8) is 0 Å². The highest BCUT2D eigenvalue weighted by molar-refractivity contribution is 6.10. The molecular formula is C18H21N5O. The van der Waals surface area contributed by atoms with Gasteiger partial charge in [-0.15, -0.1) is 5.10 Å². The van der Waals surface area contributed by atoms with E-state index in [9.17, 15) is 4.79 Å². The maximum Gasteiger partial charge on any atom is 0.165 e. The van der Waals surface area contributed by atoms with Gasteiger partial charge in [0.05, 0.1) is 23.6 Å². The highest BCUT2D eigenvalue weighted by Crippen LogP contribution is 2.33. The molecule has 1 aliphatic rings. The van der Waals surface area contributed by atoms with Gasteiger partial charge in [0, 0.05) is 36.4 Å². The van der Waals surface area contributed by atoms with Crippen LogP contribution in [0.3, 0.4) is 0 Å². The third-order valence-corrected chi connectivity index (χ3v) is 4.34. The van der Waals surface area contributed by atoms with Gasteiger partial charge in [-0.05, 0) is 26.3 Å². The van der Waals surface area contributed by atoms with Crippen molar-refractivity contribution in [1.29, 1.82) is 0 Å². The van der Waals surface area contributed by atoms with Gasteiger partial charge in [0.1, 0.15) is 0 Å². The number of rotatable bonds is 2. The van der Waals surface area contributed by atoms with Crippen LogP contribution >= 0.6 is 0 Å². The van der Waals surface area contributed by atoms with Crippen molar-refractivity contribution < 1.29 is 4.79 Å². The number of allylic oxidation sites excluding steroid dienone is 5. The van der Waals surface area contributed by atoms with E-state index >= 15 is 0 Å². The van der Waals surface area contributed by atoms with Gasteiger partial charge in [-0.1, -0.05) is 23.9 Å². The predicted octanol–water partition coefficient (Wildman–Crippen LogP) is 2.90. The quantitative estimate of drug-likeness (QED) is 0.797. The first-order chi connectivity index (χ1) is 11.4. The molecule has 2 aromatic rings. The second kappa shape index (κ2) is 6.03. The molecule has 0 saturated heterocycles. The second-order valence-electron chi connectivity index (χ2n) is 6.26. The van der Waals surface area contributed by atoms with Crippen LogP contribution in [-0.2, 0) is 11.8 Å². The molecule has 124 valence electrons. The molecule has 0 fully saturated rings. The second-order valence-corrected chi connectivity index (χ2v) is 6.26. The van der Waals surface area contributed by atoms with E-state index in [0.717, 1.165) is 28.1 Å². The van der Waals surface area contributed by atoms with Gasteiger partial charge in [-0.2, -0.15) is 5.10 Å². The summed E-state index contributed by atoms with van der Waals surface area (Å²) in [7, 11) is 1.88. The van der Waals surface area contributed by atoms with Crippen molar-refractivity contribution in [2.24, 2.45) is 7.05 Å². The number of hydrogen-bond acceptors (Lipinski definition) is 4. The summed E-state index contributed by atoms with van der Waals surface area (Å²) in [6.07, 6.45) is 8.07. The van der Waals surface area contributed by atoms with Crippen molar-refractivity contribution in [1.82, 2.24) is 24.8 Å². The molecule has 1 unspecified atom stereocenters. The maximum absolute atomic E-state index is 12.4. The zero-order valence-corrected chi connectivity index (χ0v) is 14.4. The first-order valence-corrected chi connectivity index (χ1v) is 7.90. The van der Waals surface area contributed by atoms with Gasteiger partial charge in [0.2, 0.25) is 0 Å². The maximum atomic E-state index is 12.4. The molecule has 0 saturated carbocycles. The summed E-state index contributed by atoms with van der Waals surface area (Å²) in [5.41, 5.74) is 5.07. The minimum Gasteiger partial charge on any atom is -0.294 e. The van der Waals surface area contributed by atoms with Crippen LogP contribution in [0.4, 0.5) is 0 Å². The van der Waals surface area contributed by atoms with Crippen LogP contribution in [0, 0.1) is 6.92 Å². The van der Waals surface area contributed by atoms with Crippen molar-refractivity contribution in [3.05, 3.63) is 53.6 Å². The lowest BCUT2D eigenvalue weighted by atomic mass is 9.97.